The number of rotatable bonds is 9. The molecule has 0 radical (unpaired) electrons. The van der Waals surface area contributed by atoms with E-state index in [0.29, 0.717) is 49.1 Å². The van der Waals surface area contributed by atoms with Crippen molar-refractivity contribution < 1.29 is 9.53 Å². The Morgan fingerprint density at radius 1 is 1.14 bits per heavy atom. The van der Waals surface area contributed by atoms with Crippen LogP contribution in [-0.2, 0) is 11.2 Å². The highest BCUT2D eigenvalue weighted by Gasteiger charge is 2.20. The fourth-order valence-electron chi connectivity index (χ4n) is 3.81. The third-order valence-electron chi connectivity index (χ3n) is 5.39. The summed E-state index contributed by atoms with van der Waals surface area (Å²) in [5, 5.41) is 4.73. The predicted molar refractivity (Wildman–Crippen MR) is 151 cm³/mol. The van der Waals surface area contributed by atoms with Crippen LogP contribution in [0.3, 0.4) is 0 Å². The van der Waals surface area contributed by atoms with Crippen molar-refractivity contribution in [3.63, 3.8) is 0 Å². The SMILES string of the molecule is CCCc1sc2nc(SCC(=O)Nc3cc(Cl)cc(Cl)c3)n(-c3ccc(OCC)cc3)c(=O)c2c1C. The molecule has 0 aliphatic heterocycles. The summed E-state index contributed by atoms with van der Waals surface area (Å²) in [7, 11) is 0. The Kier molecular flexibility index (Phi) is 8.62. The first-order valence-corrected chi connectivity index (χ1v) is 14.0. The fourth-order valence-corrected chi connectivity index (χ4v) is 6.47. The minimum Gasteiger partial charge on any atom is -0.494 e. The maximum absolute atomic E-state index is 13.8. The zero-order chi connectivity index (χ0) is 25.8. The molecular weight excluding hydrogens is 537 g/mol. The average molecular weight is 563 g/mol. The Labute approximate surface area is 227 Å². The number of anilines is 1. The normalized spacial score (nSPS) is 11.1. The van der Waals surface area contributed by atoms with Gasteiger partial charge in [0.25, 0.3) is 5.56 Å². The van der Waals surface area contributed by atoms with Crippen LogP contribution in [0.25, 0.3) is 15.9 Å². The van der Waals surface area contributed by atoms with Gasteiger partial charge in [0.05, 0.1) is 23.4 Å². The Balaban J connectivity index is 1.71. The zero-order valence-electron chi connectivity index (χ0n) is 20.1. The minimum absolute atomic E-state index is 0.0469. The molecule has 36 heavy (non-hydrogen) atoms. The number of carbonyl (C=O) groups excluding carboxylic acids is 1. The monoisotopic (exact) mass is 561 g/mol. The number of benzene rings is 2. The first-order valence-electron chi connectivity index (χ1n) is 11.5. The average Bonchev–Trinajstić information content (AvgIpc) is 3.13. The number of hydrogen-bond donors (Lipinski definition) is 1. The molecule has 0 saturated carbocycles. The van der Waals surface area contributed by atoms with Crippen LogP contribution in [0, 0.1) is 6.92 Å². The van der Waals surface area contributed by atoms with E-state index in [-0.39, 0.29) is 17.2 Å². The molecule has 1 amide bonds. The van der Waals surface area contributed by atoms with Crippen LogP contribution >= 0.6 is 46.3 Å². The maximum atomic E-state index is 13.8. The predicted octanol–water partition coefficient (Wildman–Crippen LogP) is 7.14. The van der Waals surface area contributed by atoms with Crippen LogP contribution in [0.1, 0.15) is 30.7 Å². The molecule has 10 heteroatoms. The van der Waals surface area contributed by atoms with Gasteiger partial charge in [0.2, 0.25) is 5.91 Å². The lowest BCUT2D eigenvalue weighted by atomic mass is 10.1. The molecule has 0 unspecified atom stereocenters. The van der Waals surface area contributed by atoms with Gasteiger partial charge < -0.3 is 10.1 Å². The molecule has 4 aromatic rings. The van der Waals surface area contributed by atoms with Gasteiger partial charge in [-0.15, -0.1) is 11.3 Å². The zero-order valence-corrected chi connectivity index (χ0v) is 23.2. The highest BCUT2D eigenvalue weighted by Crippen LogP contribution is 2.31. The summed E-state index contributed by atoms with van der Waals surface area (Å²) in [5.74, 6) is 0.500. The molecule has 2 aromatic heterocycles. The number of nitrogens with one attached hydrogen (secondary N) is 1. The van der Waals surface area contributed by atoms with Gasteiger partial charge in [-0.05, 0) is 68.3 Å². The lowest BCUT2D eigenvalue weighted by molar-refractivity contribution is -0.113. The first-order chi connectivity index (χ1) is 17.3. The number of aromatic nitrogens is 2. The van der Waals surface area contributed by atoms with Crippen molar-refractivity contribution in [2.24, 2.45) is 0 Å². The van der Waals surface area contributed by atoms with E-state index in [9.17, 15) is 9.59 Å². The largest absolute Gasteiger partial charge is 0.494 e. The topological polar surface area (TPSA) is 73.2 Å². The van der Waals surface area contributed by atoms with Crippen LogP contribution in [-0.4, -0.2) is 27.8 Å². The Morgan fingerprint density at radius 3 is 2.47 bits per heavy atom. The van der Waals surface area contributed by atoms with E-state index in [1.54, 1.807) is 34.1 Å². The molecule has 2 heterocycles. The molecule has 0 aliphatic carbocycles. The molecule has 0 spiro atoms. The fraction of sp³-hybridized carbons (Fsp3) is 0.269. The maximum Gasteiger partial charge on any atom is 0.267 e. The second kappa shape index (κ2) is 11.7. The Hall–Kier alpha value is -2.52. The summed E-state index contributed by atoms with van der Waals surface area (Å²) >= 11 is 14.8. The van der Waals surface area contributed by atoms with E-state index < -0.39 is 0 Å². The number of ether oxygens (including phenoxy) is 1. The van der Waals surface area contributed by atoms with E-state index in [4.69, 9.17) is 32.9 Å². The molecule has 0 saturated heterocycles. The van der Waals surface area contributed by atoms with Crippen LogP contribution in [0.15, 0.2) is 52.4 Å². The van der Waals surface area contributed by atoms with Gasteiger partial charge in [-0.2, -0.15) is 0 Å². The van der Waals surface area contributed by atoms with Gasteiger partial charge >= 0.3 is 0 Å². The Morgan fingerprint density at radius 2 is 1.83 bits per heavy atom. The standard InChI is InChI=1S/C26H25Cl2N3O3S2/c1-4-6-21-15(3)23-24(36-21)30-26(31(25(23)33)19-7-9-20(10-8-19)34-5-2)35-14-22(32)29-18-12-16(27)11-17(28)13-18/h7-13H,4-6,14H2,1-3H3,(H,29,32). The number of aryl methyl sites for hydroxylation is 2. The van der Waals surface area contributed by atoms with Crippen LogP contribution in [0.2, 0.25) is 10.0 Å². The molecule has 0 atom stereocenters. The number of hydrogen-bond acceptors (Lipinski definition) is 6. The molecule has 4 rings (SSSR count). The summed E-state index contributed by atoms with van der Waals surface area (Å²) in [5.41, 5.74) is 1.99. The molecule has 0 fully saturated rings. The van der Waals surface area contributed by atoms with Crippen molar-refractivity contribution in [2.45, 2.75) is 38.8 Å². The molecule has 6 nitrogen and oxygen atoms in total. The number of amides is 1. The number of halogens is 2. The minimum atomic E-state index is -0.264. The molecular formula is C26H25Cl2N3O3S2. The van der Waals surface area contributed by atoms with Crippen LogP contribution in [0.4, 0.5) is 5.69 Å². The van der Waals surface area contributed by atoms with Crippen molar-refractivity contribution in [1.29, 1.82) is 0 Å². The second-order valence-corrected chi connectivity index (χ2v) is 10.9. The summed E-state index contributed by atoms with van der Waals surface area (Å²) in [4.78, 5) is 33.2. The number of nitrogens with zero attached hydrogens (tertiary/aromatic N) is 2. The Bertz CT molecular complexity index is 1450. The third kappa shape index (κ3) is 5.89. The van der Waals surface area contributed by atoms with E-state index in [1.807, 2.05) is 38.1 Å². The number of fused-ring (bicyclic) bond motifs is 1. The first kappa shape index (κ1) is 26.5. The molecule has 2 aromatic carbocycles. The number of carbonyl (C=O) groups is 1. The number of thiophene rings is 1. The molecule has 0 aliphatic rings. The second-order valence-electron chi connectivity index (χ2n) is 8.04. The molecule has 0 bridgehead atoms. The van der Waals surface area contributed by atoms with E-state index >= 15 is 0 Å². The smallest absolute Gasteiger partial charge is 0.267 e. The lowest BCUT2D eigenvalue weighted by Crippen LogP contribution is -2.23. The summed E-state index contributed by atoms with van der Waals surface area (Å²) in [6.45, 7) is 6.56. The highest BCUT2D eigenvalue weighted by atomic mass is 35.5. The van der Waals surface area contributed by atoms with E-state index in [0.717, 1.165) is 23.3 Å². The van der Waals surface area contributed by atoms with E-state index in [2.05, 4.69) is 12.2 Å². The van der Waals surface area contributed by atoms with Gasteiger partial charge in [-0.1, -0.05) is 48.3 Å². The summed E-state index contributed by atoms with van der Waals surface area (Å²) in [6.07, 6.45) is 1.87. The van der Waals surface area contributed by atoms with Gasteiger partial charge in [0, 0.05) is 20.6 Å². The van der Waals surface area contributed by atoms with Gasteiger partial charge in [-0.25, -0.2) is 4.98 Å². The lowest BCUT2D eigenvalue weighted by Gasteiger charge is -2.13. The highest BCUT2D eigenvalue weighted by molar-refractivity contribution is 7.99. The molecule has 188 valence electrons. The van der Waals surface area contributed by atoms with E-state index in [1.165, 1.54) is 11.8 Å². The third-order valence-corrected chi connectivity index (χ3v) is 8.01. The van der Waals surface area contributed by atoms with Crippen molar-refractivity contribution in [3.8, 4) is 11.4 Å². The van der Waals surface area contributed by atoms with Crippen molar-refractivity contribution >= 4 is 68.1 Å². The quantitative estimate of drug-likeness (QED) is 0.173. The summed E-state index contributed by atoms with van der Waals surface area (Å²) in [6, 6.07) is 12.1. The van der Waals surface area contributed by atoms with Gasteiger partial charge in [-0.3, -0.25) is 14.2 Å². The van der Waals surface area contributed by atoms with Crippen LogP contribution in [0.5, 0.6) is 5.75 Å². The molecule has 1 N–H and O–H groups in total. The van der Waals surface area contributed by atoms with Gasteiger partial charge in [0.15, 0.2) is 5.16 Å². The summed E-state index contributed by atoms with van der Waals surface area (Å²) < 4.78 is 7.12. The van der Waals surface area contributed by atoms with Crippen LogP contribution < -0.4 is 15.6 Å². The van der Waals surface area contributed by atoms with Gasteiger partial charge in [0.1, 0.15) is 10.6 Å². The van der Waals surface area contributed by atoms with Crippen molar-refractivity contribution in [3.05, 3.63) is 73.3 Å². The number of thioether (sulfide) groups is 1. The van der Waals surface area contributed by atoms with Crippen molar-refractivity contribution in [2.75, 3.05) is 17.7 Å². The van der Waals surface area contributed by atoms with Crippen molar-refractivity contribution in [1.82, 2.24) is 9.55 Å².